The first kappa shape index (κ1) is 19.7. The number of anilines is 1. The van der Waals surface area contributed by atoms with Crippen molar-refractivity contribution >= 4 is 17.6 Å². The van der Waals surface area contributed by atoms with Crippen LogP contribution in [0.1, 0.15) is 21.5 Å². The lowest BCUT2D eigenvalue weighted by atomic mass is 10.1. The van der Waals surface area contributed by atoms with Gasteiger partial charge in [-0.3, -0.25) is 9.79 Å². The predicted molar refractivity (Wildman–Crippen MR) is 103 cm³/mol. The van der Waals surface area contributed by atoms with Gasteiger partial charge in [0.05, 0.1) is 5.56 Å². The van der Waals surface area contributed by atoms with Gasteiger partial charge in [0.25, 0.3) is 5.91 Å². The van der Waals surface area contributed by atoms with Crippen molar-refractivity contribution in [2.24, 2.45) is 4.99 Å². The van der Waals surface area contributed by atoms with Crippen molar-refractivity contribution in [3.63, 3.8) is 0 Å². The van der Waals surface area contributed by atoms with Gasteiger partial charge in [0.15, 0.2) is 5.96 Å². The highest BCUT2D eigenvalue weighted by Gasteiger charge is 2.30. The average molecular weight is 390 g/mol. The van der Waals surface area contributed by atoms with Crippen LogP contribution in [0.15, 0.2) is 53.5 Å². The van der Waals surface area contributed by atoms with E-state index in [4.69, 9.17) is 0 Å². The van der Waals surface area contributed by atoms with Gasteiger partial charge in [-0.15, -0.1) is 0 Å². The van der Waals surface area contributed by atoms with Gasteiger partial charge in [-0.2, -0.15) is 13.2 Å². The molecule has 5 nitrogen and oxygen atoms in total. The summed E-state index contributed by atoms with van der Waals surface area (Å²) in [4.78, 5) is 18.5. The van der Waals surface area contributed by atoms with E-state index in [1.165, 1.54) is 17.7 Å². The van der Waals surface area contributed by atoms with E-state index in [-0.39, 0.29) is 5.56 Å². The first-order valence-corrected chi connectivity index (χ1v) is 8.91. The van der Waals surface area contributed by atoms with Gasteiger partial charge in [-0.05, 0) is 42.3 Å². The van der Waals surface area contributed by atoms with Gasteiger partial charge < -0.3 is 15.5 Å². The third-order valence-electron chi connectivity index (χ3n) is 4.52. The number of halogens is 3. The Balaban J connectivity index is 1.49. The topological polar surface area (TPSA) is 56.7 Å². The van der Waals surface area contributed by atoms with Gasteiger partial charge >= 0.3 is 6.18 Å². The van der Waals surface area contributed by atoms with Crippen LogP contribution in [0, 0.1) is 0 Å². The molecule has 1 aliphatic rings. The van der Waals surface area contributed by atoms with E-state index in [1.807, 2.05) is 18.2 Å². The molecule has 0 bridgehead atoms. The van der Waals surface area contributed by atoms with Gasteiger partial charge in [0.1, 0.15) is 0 Å². The third-order valence-corrected chi connectivity index (χ3v) is 4.52. The first-order chi connectivity index (χ1) is 13.4. The summed E-state index contributed by atoms with van der Waals surface area (Å²) in [6, 6.07) is 12.3. The lowest BCUT2D eigenvalue weighted by Gasteiger charge is -2.22. The summed E-state index contributed by atoms with van der Waals surface area (Å²) in [6.07, 6.45) is -3.47. The minimum absolute atomic E-state index is 0.186. The number of fused-ring (bicyclic) bond motifs is 1. The Bertz CT molecular complexity index is 862. The summed E-state index contributed by atoms with van der Waals surface area (Å²) in [6.45, 7) is 1.59. The van der Waals surface area contributed by atoms with Gasteiger partial charge in [-0.25, -0.2) is 0 Å². The fourth-order valence-corrected chi connectivity index (χ4v) is 3.12. The quantitative estimate of drug-likeness (QED) is 0.479. The largest absolute Gasteiger partial charge is 0.416 e. The van der Waals surface area contributed by atoms with E-state index in [0.29, 0.717) is 19.0 Å². The summed E-state index contributed by atoms with van der Waals surface area (Å²) >= 11 is 0. The number of para-hydroxylation sites is 1. The second kappa shape index (κ2) is 8.33. The Morgan fingerprint density at radius 3 is 2.43 bits per heavy atom. The van der Waals surface area contributed by atoms with Crippen molar-refractivity contribution in [3.8, 4) is 0 Å². The molecule has 1 amide bonds. The van der Waals surface area contributed by atoms with Crippen molar-refractivity contribution in [1.29, 1.82) is 0 Å². The van der Waals surface area contributed by atoms with Crippen LogP contribution in [-0.4, -0.2) is 38.5 Å². The van der Waals surface area contributed by atoms with Crippen LogP contribution in [-0.2, 0) is 12.6 Å². The van der Waals surface area contributed by atoms with Crippen LogP contribution in [0.4, 0.5) is 18.9 Å². The predicted octanol–water partition coefficient (Wildman–Crippen LogP) is 3.07. The lowest BCUT2D eigenvalue weighted by molar-refractivity contribution is -0.137. The number of guanidine groups is 1. The molecule has 0 aliphatic carbocycles. The Morgan fingerprint density at radius 1 is 1.07 bits per heavy atom. The molecule has 2 aromatic rings. The molecule has 1 aliphatic heterocycles. The number of hydrogen-bond donors (Lipinski definition) is 2. The van der Waals surface area contributed by atoms with Crippen LogP contribution in [0.2, 0.25) is 0 Å². The molecule has 2 aromatic carbocycles. The zero-order chi connectivity index (χ0) is 20.1. The van der Waals surface area contributed by atoms with Gasteiger partial charge in [0, 0.05) is 37.9 Å². The Kier molecular flexibility index (Phi) is 5.87. The van der Waals surface area contributed by atoms with Crippen LogP contribution < -0.4 is 15.5 Å². The fourth-order valence-electron chi connectivity index (χ4n) is 3.12. The molecule has 0 saturated heterocycles. The molecule has 3 rings (SSSR count). The summed E-state index contributed by atoms with van der Waals surface area (Å²) in [5.74, 6) is 0.297. The maximum atomic E-state index is 12.6. The maximum Gasteiger partial charge on any atom is 0.416 e. The molecule has 0 saturated carbocycles. The molecule has 0 spiro atoms. The summed E-state index contributed by atoms with van der Waals surface area (Å²) in [5, 5.41) is 5.89. The highest BCUT2D eigenvalue weighted by molar-refractivity contribution is 5.98. The van der Waals surface area contributed by atoms with E-state index in [9.17, 15) is 18.0 Å². The molecule has 1 heterocycles. The molecule has 0 fully saturated rings. The van der Waals surface area contributed by atoms with Crippen LogP contribution in [0.5, 0.6) is 0 Å². The molecular formula is C20H21F3N4O. The Morgan fingerprint density at radius 2 is 1.75 bits per heavy atom. The minimum Gasteiger partial charge on any atom is -0.354 e. The number of carbonyl (C=O) groups is 1. The highest BCUT2D eigenvalue weighted by atomic mass is 19.4. The van der Waals surface area contributed by atoms with E-state index in [2.05, 4.69) is 26.6 Å². The lowest BCUT2D eigenvalue weighted by Crippen LogP contribution is -2.43. The Hall–Kier alpha value is -3.03. The molecule has 28 heavy (non-hydrogen) atoms. The monoisotopic (exact) mass is 390 g/mol. The maximum absolute atomic E-state index is 12.6. The van der Waals surface area contributed by atoms with Crippen LogP contribution in [0.25, 0.3) is 0 Å². The minimum atomic E-state index is -4.41. The molecule has 0 atom stereocenters. The number of amides is 1. The van der Waals surface area contributed by atoms with Crippen molar-refractivity contribution in [1.82, 2.24) is 10.6 Å². The number of hydrogen-bond acceptors (Lipinski definition) is 2. The fraction of sp³-hybridized carbons (Fsp3) is 0.300. The number of aliphatic imine (C=N–C) groups is 1. The molecule has 0 radical (unpaired) electrons. The molecule has 8 heteroatoms. The third kappa shape index (κ3) is 4.44. The zero-order valence-corrected chi connectivity index (χ0v) is 15.4. The van der Waals surface area contributed by atoms with Crippen molar-refractivity contribution in [2.45, 2.75) is 12.6 Å². The second-order valence-electron chi connectivity index (χ2n) is 6.34. The van der Waals surface area contributed by atoms with Crippen molar-refractivity contribution < 1.29 is 18.0 Å². The number of nitrogens with one attached hydrogen (secondary N) is 2. The Labute approximate surface area is 161 Å². The summed E-state index contributed by atoms with van der Waals surface area (Å²) in [7, 11) is 1.70. The van der Waals surface area contributed by atoms with E-state index >= 15 is 0 Å². The number of rotatable bonds is 4. The van der Waals surface area contributed by atoms with E-state index in [0.717, 1.165) is 30.8 Å². The molecule has 0 aromatic heterocycles. The molecular weight excluding hydrogens is 369 g/mol. The second-order valence-corrected chi connectivity index (χ2v) is 6.34. The van der Waals surface area contributed by atoms with Crippen LogP contribution >= 0.6 is 0 Å². The molecule has 2 N–H and O–H groups in total. The number of nitrogens with zero attached hydrogens (tertiary/aromatic N) is 2. The first-order valence-electron chi connectivity index (χ1n) is 8.91. The molecule has 148 valence electrons. The zero-order valence-electron chi connectivity index (χ0n) is 15.4. The van der Waals surface area contributed by atoms with Gasteiger partial charge in [0.2, 0.25) is 0 Å². The standard InChI is InChI=1S/C20H21F3N4O/c1-24-19(27-13-10-14-4-2-3-5-17(14)27)26-12-11-25-18(28)15-6-8-16(9-7-15)20(21,22)23/h2-9H,10-13H2,1H3,(H,24,26)(H,25,28). The van der Waals surface area contributed by atoms with Crippen molar-refractivity contribution in [2.75, 3.05) is 31.6 Å². The summed E-state index contributed by atoms with van der Waals surface area (Å²) in [5.41, 5.74) is 1.79. The van der Waals surface area contributed by atoms with Crippen LogP contribution in [0.3, 0.4) is 0 Å². The highest BCUT2D eigenvalue weighted by Crippen LogP contribution is 2.29. The van der Waals surface area contributed by atoms with Gasteiger partial charge in [-0.1, -0.05) is 18.2 Å². The SMILES string of the molecule is CN=C(NCCNC(=O)c1ccc(C(F)(F)F)cc1)N1CCc2ccccc21. The molecule has 0 unspecified atom stereocenters. The normalized spacial score (nSPS) is 14.0. The average Bonchev–Trinajstić information content (AvgIpc) is 3.11. The van der Waals surface area contributed by atoms with Crippen molar-refractivity contribution in [3.05, 3.63) is 65.2 Å². The number of benzene rings is 2. The van der Waals surface area contributed by atoms with E-state index in [1.54, 1.807) is 7.05 Å². The smallest absolute Gasteiger partial charge is 0.354 e. The summed E-state index contributed by atoms with van der Waals surface area (Å²) < 4.78 is 37.7. The number of alkyl halides is 3. The van der Waals surface area contributed by atoms with E-state index < -0.39 is 17.6 Å². The number of carbonyl (C=O) groups excluding carboxylic acids is 1.